The first kappa shape index (κ1) is 21.0. The molecule has 1 atom stereocenters. The van der Waals surface area contributed by atoms with Crippen LogP contribution in [0.1, 0.15) is 53.3 Å². The van der Waals surface area contributed by atoms with E-state index < -0.39 is 11.2 Å². The van der Waals surface area contributed by atoms with Gasteiger partial charge in [-0.25, -0.2) is 9.78 Å². The second-order valence-electron chi connectivity index (χ2n) is 8.24. The highest BCUT2D eigenvalue weighted by molar-refractivity contribution is 5.96. The average Bonchev–Trinajstić information content (AvgIpc) is 3.59. The van der Waals surface area contributed by atoms with E-state index in [4.69, 9.17) is 0 Å². The molecule has 31 heavy (non-hydrogen) atoms. The van der Waals surface area contributed by atoms with Crippen molar-refractivity contribution in [2.24, 2.45) is 0 Å². The van der Waals surface area contributed by atoms with Gasteiger partial charge in [0.1, 0.15) is 5.65 Å². The Morgan fingerprint density at radius 1 is 1.26 bits per heavy atom. The normalized spacial score (nSPS) is 14.7. The van der Waals surface area contributed by atoms with Crippen LogP contribution in [0.15, 0.2) is 46.1 Å². The highest BCUT2D eigenvalue weighted by Crippen LogP contribution is 2.34. The quantitative estimate of drug-likeness (QED) is 0.608. The van der Waals surface area contributed by atoms with Gasteiger partial charge in [-0.1, -0.05) is 31.2 Å². The van der Waals surface area contributed by atoms with Crippen molar-refractivity contribution in [1.29, 1.82) is 0 Å². The molecule has 1 aliphatic rings. The molecule has 8 heteroatoms. The lowest BCUT2D eigenvalue weighted by Crippen LogP contribution is -2.35. The second kappa shape index (κ2) is 8.47. The van der Waals surface area contributed by atoms with Crippen LogP contribution in [0.3, 0.4) is 0 Å². The lowest BCUT2D eigenvalue weighted by Gasteiger charge is -2.25. The fraction of sp³-hybridized carbons (Fsp3) is 0.391. The van der Waals surface area contributed by atoms with Crippen molar-refractivity contribution in [2.45, 2.75) is 38.3 Å². The van der Waals surface area contributed by atoms with Crippen LogP contribution < -0.4 is 16.6 Å². The molecule has 1 saturated carbocycles. The molecule has 1 aromatic carbocycles. The number of hydrogen-bond donors (Lipinski definition) is 2. The number of nitrogens with zero attached hydrogens (tertiary/aromatic N) is 3. The van der Waals surface area contributed by atoms with E-state index in [2.05, 4.69) is 51.4 Å². The number of fused-ring (bicyclic) bond motifs is 1. The number of rotatable bonds is 7. The number of carbonyl (C=O) groups is 1. The summed E-state index contributed by atoms with van der Waals surface area (Å²) in [4.78, 5) is 46.0. The maximum atomic E-state index is 12.8. The predicted octanol–water partition coefficient (Wildman–Crippen LogP) is 2.01. The Bertz CT molecular complexity index is 1220. The molecule has 1 amide bonds. The van der Waals surface area contributed by atoms with Gasteiger partial charge in [0.25, 0.3) is 11.5 Å². The van der Waals surface area contributed by atoms with Crippen LogP contribution in [-0.2, 0) is 6.42 Å². The summed E-state index contributed by atoms with van der Waals surface area (Å²) in [6.45, 7) is 2.53. The molecule has 2 heterocycles. The largest absolute Gasteiger partial charge is 0.350 e. The van der Waals surface area contributed by atoms with Crippen LogP contribution in [0, 0.1) is 0 Å². The molecule has 8 nitrogen and oxygen atoms in total. The molecular weight excluding hydrogens is 394 g/mol. The van der Waals surface area contributed by atoms with Crippen molar-refractivity contribution in [3.05, 3.63) is 74.1 Å². The number of benzene rings is 1. The first-order chi connectivity index (χ1) is 14.9. The summed E-state index contributed by atoms with van der Waals surface area (Å²) in [5.41, 5.74) is 2.02. The average molecular weight is 422 g/mol. The van der Waals surface area contributed by atoms with E-state index in [0.29, 0.717) is 12.2 Å². The number of likely N-dealkylation sites (N-methyl/N-ethyl adjacent to an activating group) is 1. The topological polar surface area (TPSA) is 100 Å². The third-order valence-electron chi connectivity index (χ3n) is 5.81. The van der Waals surface area contributed by atoms with Crippen molar-refractivity contribution in [1.82, 2.24) is 24.8 Å². The number of hydrogen-bond acceptors (Lipinski definition) is 5. The molecule has 162 valence electrons. The van der Waals surface area contributed by atoms with Crippen molar-refractivity contribution in [3.8, 4) is 0 Å². The molecule has 0 aliphatic heterocycles. The van der Waals surface area contributed by atoms with Crippen LogP contribution in [0.5, 0.6) is 0 Å². The van der Waals surface area contributed by atoms with Gasteiger partial charge in [-0.2, -0.15) is 0 Å². The van der Waals surface area contributed by atoms with Crippen LogP contribution >= 0.6 is 0 Å². The van der Waals surface area contributed by atoms with Gasteiger partial charge < -0.3 is 10.2 Å². The van der Waals surface area contributed by atoms with E-state index >= 15 is 0 Å². The van der Waals surface area contributed by atoms with Crippen molar-refractivity contribution in [3.63, 3.8) is 0 Å². The molecule has 1 aliphatic carbocycles. The van der Waals surface area contributed by atoms with E-state index in [9.17, 15) is 14.4 Å². The number of pyridine rings is 1. The van der Waals surface area contributed by atoms with Crippen LogP contribution in [0.25, 0.3) is 11.0 Å². The third kappa shape index (κ3) is 4.29. The van der Waals surface area contributed by atoms with Crippen LogP contribution in [0.4, 0.5) is 0 Å². The molecule has 2 aromatic heterocycles. The Labute approximate surface area is 179 Å². The van der Waals surface area contributed by atoms with Gasteiger partial charge in [-0.05, 0) is 50.6 Å². The smallest absolute Gasteiger partial charge is 0.330 e. The third-order valence-corrected chi connectivity index (χ3v) is 5.81. The van der Waals surface area contributed by atoms with E-state index in [1.807, 2.05) is 14.1 Å². The molecular formula is C23H27N5O3. The predicted molar refractivity (Wildman–Crippen MR) is 119 cm³/mol. The molecule has 0 radical (unpaired) electrons. The summed E-state index contributed by atoms with van der Waals surface area (Å²) < 4.78 is 1.51. The number of amides is 1. The van der Waals surface area contributed by atoms with Gasteiger partial charge in [0, 0.05) is 18.8 Å². The van der Waals surface area contributed by atoms with Crippen molar-refractivity contribution < 1.29 is 4.79 Å². The van der Waals surface area contributed by atoms with E-state index in [1.165, 1.54) is 22.4 Å². The summed E-state index contributed by atoms with van der Waals surface area (Å²) in [5.74, 6) is -0.310. The molecule has 0 saturated heterocycles. The van der Waals surface area contributed by atoms with Gasteiger partial charge in [-0.15, -0.1) is 0 Å². The van der Waals surface area contributed by atoms with E-state index in [1.54, 1.807) is 0 Å². The number of H-pyrrole nitrogens is 1. The van der Waals surface area contributed by atoms with Gasteiger partial charge >= 0.3 is 5.69 Å². The van der Waals surface area contributed by atoms with E-state index in [-0.39, 0.29) is 28.9 Å². The minimum atomic E-state index is -0.527. The SMILES string of the molecule is CCc1ccc(C(CNC(=O)c2cnc3c(c2)c(=O)[nH]c(=O)n3C2CC2)N(C)C)cc1. The number of nitrogens with one attached hydrogen (secondary N) is 2. The van der Waals surface area contributed by atoms with Gasteiger partial charge in [0.05, 0.1) is 17.0 Å². The van der Waals surface area contributed by atoms with Crippen molar-refractivity contribution >= 4 is 16.9 Å². The summed E-state index contributed by atoms with van der Waals surface area (Å²) in [6, 6.07) is 9.97. The monoisotopic (exact) mass is 421 g/mol. The molecule has 0 spiro atoms. The lowest BCUT2D eigenvalue weighted by molar-refractivity contribution is 0.0941. The molecule has 4 rings (SSSR count). The van der Waals surface area contributed by atoms with E-state index in [0.717, 1.165) is 24.8 Å². The van der Waals surface area contributed by atoms with Gasteiger partial charge in [0.15, 0.2) is 0 Å². The number of aryl methyl sites for hydroxylation is 1. The molecule has 0 bridgehead atoms. The number of aromatic amines is 1. The summed E-state index contributed by atoms with van der Waals surface area (Å²) in [7, 11) is 3.94. The Kier molecular flexibility index (Phi) is 5.73. The van der Waals surface area contributed by atoms with Gasteiger partial charge in [-0.3, -0.25) is 19.1 Å². The number of aromatic nitrogens is 3. The first-order valence-corrected chi connectivity index (χ1v) is 10.6. The minimum absolute atomic E-state index is 0.00622. The number of carbonyl (C=O) groups excluding carboxylic acids is 1. The first-order valence-electron chi connectivity index (χ1n) is 10.6. The summed E-state index contributed by atoms with van der Waals surface area (Å²) >= 11 is 0. The van der Waals surface area contributed by atoms with Crippen LogP contribution in [0.2, 0.25) is 0 Å². The van der Waals surface area contributed by atoms with Crippen molar-refractivity contribution in [2.75, 3.05) is 20.6 Å². The zero-order valence-electron chi connectivity index (χ0n) is 18.0. The fourth-order valence-electron chi connectivity index (χ4n) is 3.80. The maximum absolute atomic E-state index is 12.8. The Morgan fingerprint density at radius 3 is 2.58 bits per heavy atom. The van der Waals surface area contributed by atoms with Crippen LogP contribution in [-0.4, -0.2) is 46.0 Å². The molecule has 1 fully saturated rings. The highest BCUT2D eigenvalue weighted by Gasteiger charge is 2.28. The Hall–Kier alpha value is -3.26. The summed E-state index contributed by atoms with van der Waals surface area (Å²) in [6.07, 6.45) is 4.18. The standard InChI is InChI=1S/C23H27N5O3/c1-4-14-5-7-15(8-6-14)19(27(2)3)13-25-21(29)16-11-18-20(24-12-16)28(17-9-10-17)23(31)26-22(18)30/h5-8,11-12,17,19H,4,9-10,13H2,1-3H3,(H,25,29)(H,26,30,31). The Balaban J connectivity index is 1.56. The second-order valence-corrected chi connectivity index (χ2v) is 8.24. The fourth-order valence-corrected chi connectivity index (χ4v) is 3.80. The Morgan fingerprint density at radius 2 is 1.97 bits per heavy atom. The maximum Gasteiger partial charge on any atom is 0.330 e. The molecule has 2 N–H and O–H groups in total. The highest BCUT2D eigenvalue weighted by atomic mass is 16.2. The molecule has 1 unspecified atom stereocenters. The molecule has 3 aromatic rings. The lowest BCUT2D eigenvalue weighted by atomic mass is 10.0. The summed E-state index contributed by atoms with van der Waals surface area (Å²) in [5, 5.41) is 3.20. The zero-order valence-corrected chi connectivity index (χ0v) is 18.0. The zero-order chi connectivity index (χ0) is 22.1. The van der Waals surface area contributed by atoms with Gasteiger partial charge in [0.2, 0.25) is 0 Å². The minimum Gasteiger partial charge on any atom is -0.350 e.